The first-order valence-corrected chi connectivity index (χ1v) is 9.57. The van der Waals surface area contributed by atoms with E-state index < -0.39 is 42.0 Å². The van der Waals surface area contributed by atoms with Crippen molar-refractivity contribution >= 4 is 18.0 Å². The molecule has 1 N–H and O–H groups in total. The van der Waals surface area contributed by atoms with Gasteiger partial charge in [0.15, 0.2) is 0 Å². The molecule has 13 heteroatoms. The molecule has 1 aliphatic carbocycles. The van der Waals surface area contributed by atoms with Crippen molar-refractivity contribution in [1.82, 2.24) is 10.2 Å². The van der Waals surface area contributed by atoms with Crippen molar-refractivity contribution in [3.05, 3.63) is 0 Å². The summed E-state index contributed by atoms with van der Waals surface area (Å²) in [6.07, 6.45) is -7.84. The second-order valence-corrected chi connectivity index (χ2v) is 8.11. The number of carbonyl (C=O) groups excluding carboxylic acids is 3. The zero-order valence-corrected chi connectivity index (χ0v) is 17.5. The Kier molecular flexibility index (Phi) is 8.60. The molecule has 3 atom stereocenters. The van der Waals surface area contributed by atoms with E-state index in [1.165, 1.54) is 11.8 Å². The average molecular weight is 464 g/mol. The molecule has 2 amide bonds. The topological polar surface area (TPSA) is 84.9 Å². The fraction of sp³-hybridized carbons (Fsp3) is 0.833. The highest BCUT2D eigenvalue weighted by Gasteiger charge is 2.50. The number of rotatable bonds is 3. The van der Waals surface area contributed by atoms with Crippen molar-refractivity contribution in [1.29, 1.82) is 0 Å². The van der Waals surface area contributed by atoms with E-state index in [-0.39, 0.29) is 25.1 Å². The SMILES string of the molecule is CC(C)(C)OC(=O)N1[C@@H]2CC[C@@H](C2)[C@H]1CNC(=O)C(F)(F)F.CCOC(=O)C(F)(F)F. The molecule has 2 fully saturated rings. The standard InChI is InChI=1S/C14H21F3N2O3.C4H5F3O2/c1-13(2,3)22-12(21)19-9-5-4-8(6-9)10(19)7-18-11(20)14(15,16)17;1-2-9-3(8)4(5,6)7/h8-10H,4-7H2,1-3H3,(H,18,20);2H2,1H3/t8-,9+,10+;/m0./s1. The summed E-state index contributed by atoms with van der Waals surface area (Å²) in [5.74, 6) is -3.99. The number of alkyl halides is 6. The molecule has 1 aliphatic heterocycles. The van der Waals surface area contributed by atoms with Gasteiger partial charge in [0.05, 0.1) is 12.6 Å². The summed E-state index contributed by atoms with van der Waals surface area (Å²) in [5, 5.41) is 1.88. The zero-order chi connectivity index (χ0) is 24.2. The fourth-order valence-electron chi connectivity index (χ4n) is 3.47. The molecule has 1 saturated carbocycles. The van der Waals surface area contributed by atoms with Gasteiger partial charge in [0.2, 0.25) is 0 Å². The van der Waals surface area contributed by atoms with Gasteiger partial charge >= 0.3 is 30.3 Å². The highest BCUT2D eigenvalue weighted by Crippen LogP contribution is 2.42. The third-order valence-corrected chi connectivity index (χ3v) is 4.58. The monoisotopic (exact) mass is 464 g/mol. The van der Waals surface area contributed by atoms with Crippen LogP contribution in [0.2, 0.25) is 0 Å². The van der Waals surface area contributed by atoms with Gasteiger partial charge in [-0.05, 0) is 52.9 Å². The Hall–Kier alpha value is -2.21. The number of halogens is 6. The van der Waals surface area contributed by atoms with Crippen LogP contribution >= 0.6 is 0 Å². The molecule has 1 saturated heterocycles. The average Bonchev–Trinajstić information content (AvgIpc) is 3.18. The van der Waals surface area contributed by atoms with Gasteiger partial charge in [0, 0.05) is 12.6 Å². The van der Waals surface area contributed by atoms with Gasteiger partial charge in [-0.3, -0.25) is 4.79 Å². The van der Waals surface area contributed by atoms with Crippen LogP contribution in [0.15, 0.2) is 0 Å². The molecule has 0 unspecified atom stereocenters. The molecule has 1 heterocycles. The molecule has 2 aliphatic rings. The van der Waals surface area contributed by atoms with Crippen molar-refractivity contribution < 1.29 is 50.2 Å². The predicted octanol–water partition coefficient (Wildman–Crippen LogP) is 3.56. The summed E-state index contributed by atoms with van der Waals surface area (Å²) < 4.78 is 79.3. The van der Waals surface area contributed by atoms with Crippen LogP contribution in [0.25, 0.3) is 0 Å². The first kappa shape index (κ1) is 26.8. The quantitative estimate of drug-likeness (QED) is 0.510. The number of carbonyl (C=O) groups is 3. The van der Waals surface area contributed by atoms with Crippen LogP contribution in [0.1, 0.15) is 47.0 Å². The van der Waals surface area contributed by atoms with Gasteiger partial charge in [0.1, 0.15) is 5.60 Å². The Morgan fingerprint density at radius 1 is 1.00 bits per heavy atom. The Bertz CT molecular complexity index is 659. The lowest BCUT2D eigenvalue weighted by atomic mass is 9.99. The van der Waals surface area contributed by atoms with Gasteiger partial charge in [0.25, 0.3) is 0 Å². The molecule has 0 aromatic carbocycles. The fourth-order valence-corrected chi connectivity index (χ4v) is 3.47. The van der Waals surface area contributed by atoms with Gasteiger partial charge in [-0.2, -0.15) is 26.3 Å². The van der Waals surface area contributed by atoms with Gasteiger partial charge in [-0.15, -0.1) is 0 Å². The van der Waals surface area contributed by atoms with Crippen LogP contribution < -0.4 is 5.32 Å². The minimum Gasteiger partial charge on any atom is -0.459 e. The molecule has 180 valence electrons. The zero-order valence-electron chi connectivity index (χ0n) is 17.5. The van der Waals surface area contributed by atoms with Crippen LogP contribution in [0.3, 0.4) is 0 Å². The summed E-state index contributed by atoms with van der Waals surface area (Å²) in [5.41, 5.74) is -0.668. The van der Waals surface area contributed by atoms with E-state index in [0.717, 1.165) is 19.3 Å². The number of amides is 2. The predicted molar refractivity (Wildman–Crippen MR) is 94.7 cm³/mol. The minimum atomic E-state index is -4.91. The van der Waals surface area contributed by atoms with E-state index in [9.17, 15) is 40.7 Å². The maximum atomic E-state index is 12.3. The van der Waals surface area contributed by atoms with Gasteiger partial charge in [-0.1, -0.05) is 0 Å². The van der Waals surface area contributed by atoms with Crippen molar-refractivity contribution in [2.45, 2.75) is 77.0 Å². The first-order valence-electron chi connectivity index (χ1n) is 9.57. The number of nitrogens with zero attached hydrogens (tertiary/aromatic N) is 1. The third-order valence-electron chi connectivity index (χ3n) is 4.58. The number of hydrogen-bond donors (Lipinski definition) is 1. The molecule has 7 nitrogen and oxygen atoms in total. The minimum absolute atomic E-state index is 0.00682. The molecule has 31 heavy (non-hydrogen) atoms. The highest BCUT2D eigenvalue weighted by molar-refractivity contribution is 5.81. The highest BCUT2D eigenvalue weighted by atomic mass is 19.4. The lowest BCUT2D eigenvalue weighted by molar-refractivity contribution is -0.199. The van der Waals surface area contributed by atoms with Crippen LogP contribution in [0, 0.1) is 5.92 Å². The summed E-state index contributed by atoms with van der Waals surface area (Å²) >= 11 is 0. The molecule has 0 aromatic heterocycles. The van der Waals surface area contributed by atoms with Crippen LogP contribution in [0.5, 0.6) is 0 Å². The summed E-state index contributed by atoms with van der Waals surface area (Å²) in [6.45, 7) is 6.07. The number of esters is 1. The van der Waals surface area contributed by atoms with Crippen LogP contribution in [-0.4, -0.2) is 66.1 Å². The van der Waals surface area contributed by atoms with Crippen molar-refractivity contribution in [3.8, 4) is 0 Å². The Morgan fingerprint density at radius 2 is 1.58 bits per heavy atom. The number of ether oxygens (including phenoxy) is 2. The normalized spacial score (nSPS) is 23.0. The number of hydrogen-bond acceptors (Lipinski definition) is 5. The lowest BCUT2D eigenvalue weighted by Crippen LogP contribution is -2.52. The van der Waals surface area contributed by atoms with E-state index in [2.05, 4.69) is 4.74 Å². The lowest BCUT2D eigenvalue weighted by Gasteiger charge is -2.36. The second kappa shape index (κ2) is 9.94. The number of nitrogens with one attached hydrogen (secondary N) is 1. The summed E-state index contributed by atoms with van der Waals surface area (Å²) in [7, 11) is 0. The van der Waals surface area contributed by atoms with Crippen molar-refractivity contribution in [2.24, 2.45) is 5.92 Å². The largest absolute Gasteiger partial charge is 0.490 e. The smallest absolute Gasteiger partial charge is 0.459 e. The number of likely N-dealkylation sites (tertiary alicyclic amines) is 1. The number of piperidine rings is 1. The third kappa shape index (κ3) is 8.09. The van der Waals surface area contributed by atoms with E-state index in [4.69, 9.17) is 4.74 Å². The molecular formula is C18H26F6N2O5. The van der Waals surface area contributed by atoms with E-state index in [1.54, 1.807) is 20.8 Å². The van der Waals surface area contributed by atoms with Crippen LogP contribution in [-0.2, 0) is 19.1 Å². The van der Waals surface area contributed by atoms with Crippen molar-refractivity contribution in [2.75, 3.05) is 13.2 Å². The summed E-state index contributed by atoms with van der Waals surface area (Å²) in [4.78, 5) is 34.5. The van der Waals surface area contributed by atoms with E-state index in [0.29, 0.717) is 0 Å². The molecule has 2 rings (SSSR count). The van der Waals surface area contributed by atoms with E-state index >= 15 is 0 Å². The maximum absolute atomic E-state index is 12.3. The van der Waals surface area contributed by atoms with Crippen LogP contribution in [0.4, 0.5) is 31.1 Å². The van der Waals surface area contributed by atoms with E-state index in [1.807, 2.05) is 5.32 Å². The second-order valence-electron chi connectivity index (χ2n) is 8.11. The maximum Gasteiger partial charge on any atom is 0.490 e. The summed E-state index contributed by atoms with van der Waals surface area (Å²) in [6, 6.07) is -0.437. The molecular weight excluding hydrogens is 438 g/mol. The first-order chi connectivity index (χ1) is 14.0. The molecule has 2 bridgehead atoms. The Labute approximate surface area is 175 Å². The number of fused-ring (bicyclic) bond motifs is 2. The van der Waals surface area contributed by atoms with Crippen molar-refractivity contribution in [3.63, 3.8) is 0 Å². The Balaban J connectivity index is 0.000000452. The van der Waals surface area contributed by atoms with Gasteiger partial charge < -0.3 is 19.7 Å². The van der Waals surface area contributed by atoms with Gasteiger partial charge in [-0.25, -0.2) is 9.59 Å². The Morgan fingerprint density at radius 3 is 2.00 bits per heavy atom. The molecule has 0 aromatic rings. The molecule has 0 radical (unpaired) electrons. The molecule has 0 spiro atoms.